The summed E-state index contributed by atoms with van der Waals surface area (Å²) in [6.45, 7) is 3.08. The number of rotatable bonds is 4. The second-order valence-electron chi connectivity index (χ2n) is 6.19. The highest BCUT2D eigenvalue weighted by atomic mass is 35.5. The van der Waals surface area contributed by atoms with E-state index in [4.69, 9.17) is 11.6 Å². The van der Waals surface area contributed by atoms with Gasteiger partial charge in [0.2, 0.25) is 5.91 Å². The van der Waals surface area contributed by atoms with E-state index in [-0.39, 0.29) is 18.4 Å². The van der Waals surface area contributed by atoms with Crippen molar-refractivity contribution in [1.82, 2.24) is 10.2 Å². The lowest BCUT2D eigenvalue weighted by molar-refractivity contribution is -0.132. The summed E-state index contributed by atoms with van der Waals surface area (Å²) in [4.78, 5) is 14.6. The molecule has 3 nitrogen and oxygen atoms in total. The van der Waals surface area contributed by atoms with Gasteiger partial charge in [-0.2, -0.15) is 0 Å². The van der Waals surface area contributed by atoms with E-state index in [0.717, 1.165) is 43.9 Å². The Morgan fingerprint density at radius 1 is 1.27 bits per heavy atom. The highest BCUT2D eigenvalue weighted by Crippen LogP contribution is 2.33. The van der Waals surface area contributed by atoms with Gasteiger partial charge >= 0.3 is 0 Å². The van der Waals surface area contributed by atoms with Gasteiger partial charge in [-0.1, -0.05) is 23.7 Å². The lowest BCUT2D eigenvalue weighted by atomic mass is 10.0. The van der Waals surface area contributed by atoms with Crippen LogP contribution in [0.1, 0.15) is 43.7 Å². The Labute approximate surface area is 143 Å². The summed E-state index contributed by atoms with van der Waals surface area (Å²) in [6, 6.07) is 8.19. The van der Waals surface area contributed by atoms with Gasteiger partial charge in [0.15, 0.2) is 0 Å². The molecule has 2 unspecified atom stereocenters. The Morgan fingerprint density at radius 3 is 2.73 bits per heavy atom. The van der Waals surface area contributed by atoms with Crippen LogP contribution >= 0.6 is 24.0 Å². The van der Waals surface area contributed by atoms with Crippen molar-refractivity contribution in [3.63, 3.8) is 0 Å². The summed E-state index contributed by atoms with van der Waals surface area (Å²) in [5.41, 5.74) is 1.22. The molecule has 1 aromatic carbocycles. The molecule has 0 bridgehead atoms. The first-order valence-electron chi connectivity index (χ1n) is 7.99. The third-order valence-electron chi connectivity index (χ3n) is 4.76. The van der Waals surface area contributed by atoms with E-state index in [1.54, 1.807) is 0 Å². The standard InChI is InChI=1S/C17H23ClN2O.ClH/c18-15-6-4-14(5-7-15)16-2-1-11-20(16)17(21)8-3-13-9-10-19-12-13;/h4-7,13,16,19H,1-3,8-12H2;1H. The van der Waals surface area contributed by atoms with Gasteiger partial charge in [-0.3, -0.25) is 4.79 Å². The Bertz CT molecular complexity index is 486. The molecule has 5 heteroatoms. The van der Waals surface area contributed by atoms with Gasteiger partial charge in [-0.05, 0) is 62.4 Å². The van der Waals surface area contributed by atoms with Crippen LogP contribution in [0.3, 0.4) is 0 Å². The number of halogens is 2. The monoisotopic (exact) mass is 342 g/mol. The zero-order chi connectivity index (χ0) is 14.7. The van der Waals surface area contributed by atoms with Gasteiger partial charge in [0.25, 0.3) is 0 Å². The Morgan fingerprint density at radius 2 is 2.05 bits per heavy atom. The number of carbonyl (C=O) groups excluding carboxylic acids is 1. The van der Waals surface area contributed by atoms with Crippen LogP contribution in [-0.2, 0) is 4.79 Å². The van der Waals surface area contributed by atoms with Gasteiger partial charge in [0.05, 0.1) is 6.04 Å². The van der Waals surface area contributed by atoms with E-state index in [1.807, 2.05) is 12.1 Å². The summed E-state index contributed by atoms with van der Waals surface area (Å²) in [5.74, 6) is 1.00. The van der Waals surface area contributed by atoms with Crippen LogP contribution in [-0.4, -0.2) is 30.4 Å². The molecule has 2 saturated heterocycles. The number of carbonyl (C=O) groups is 1. The number of benzene rings is 1. The zero-order valence-electron chi connectivity index (χ0n) is 12.8. The molecule has 3 rings (SSSR count). The summed E-state index contributed by atoms with van der Waals surface area (Å²) in [5, 5.41) is 4.12. The number of likely N-dealkylation sites (tertiary alicyclic amines) is 1. The maximum Gasteiger partial charge on any atom is 0.223 e. The van der Waals surface area contributed by atoms with E-state index in [1.165, 1.54) is 12.0 Å². The second-order valence-corrected chi connectivity index (χ2v) is 6.63. The van der Waals surface area contributed by atoms with Gasteiger partial charge in [0.1, 0.15) is 0 Å². The molecule has 2 aliphatic rings. The predicted molar refractivity (Wildman–Crippen MR) is 92.6 cm³/mol. The first-order chi connectivity index (χ1) is 10.2. The normalized spacial score (nSPS) is 24.3. The average molecular weight is 343 g/mol. The van der Waals surface area contributed by atoms with Crippen molar-refractivity contribution in [2.24, 2.45) is 5.92 Å². The Kier molecular flexibility index (Phi) is 6.54. The van der Waals surface area contributed by atoms with Crippen molar-refractivity contribution in [1.29, 1.82) is 0 Å². The minimum atomic E-state index is 0. The molecule has 1 N–H and O–H groups in total. The zero-order valence-corrected chi connectivity index (χ0v) is 14.3. The van der Waals surface area contributed by atoms with E-state index >= 15 is 0 Å². The molecule has 0 aliphatic carbocycles. The molecule has 2 fully saturated rings. The largest absolute Gasteiger partial charge is 0.336 e. The van der Waals surface area contributed by atoms with Crippen molar-refractivity contribution in [2.45, 2.75) is 38.1 Å². The molecule has 0 aromatic heterocycles. The molecule has 2 aliphatic heterocycles. The fourth-order valence-corrected chi connectivity index (χ4v) is 3.65. The molecule has 22 heavy (non-hydrogen) atoms. The van der Waals surface area contributed by atoms with Crippen molar-refractivity contribution in [2.75, 3.05) is 19.6 Å². The van der Waals surface area contributed by atoms with Gasteiger partial charge < -0.3 is 10.2 Å². The summed E-state index contributed by atoms with van der Waals surface area (Å²) in [7, 11) is 0. The molecule has 2 heterocycles. The van der Waals surface area contributed by atoms with Crippen LogP contribution in [0.5, 0.6) is 0 Å². The number of hydrogen-bond donors (Lipinski definition) is 1. The van der Waals surface area contributed by atoms with Crippen LogP contribution in [0, 0.1) is 5.92 Å². The molecule has 0 spiro atoms. The van der Waals surface area contributed by atoms with E-state index in [9.17, 15) is 4.79 Å². The third kappa shape index (κ3) is 4.15. The van der Waals surface area contributed by atoms with E-state index in [0.29, 0.717) is 18.2 Å². The van der Waals surface area contributed by atoms with Gasteiger partial charge in [0, 0.05) is 18.0 Å². The molecule has 2 atom stereocenters. The molecule has 122 valence electrons. The van der Waals surface area contributed by atoms with Crippen LogP contribution in [0.2, 0.25) is 5.02 Å². The molecular weight excluding hydrogens is 319 g/mol. The van der Waals surface area contributed by atoms with Crippen LogP contribution in [0.15, 0.2) is 24.3 Å². The summed E-state index contributed by atoms with van der Waals surface area (Å²) in [6.07, 6.45) is 5.10. The minimum Gasteiger partial charge on any atom is -0.336 e. The number of nitrogens with zero attached hydrogens (tertiary/aromatic N) is 1. The molecule has 0 saturated carbocycles. The summed E-state index contributed by atoms with van der Waals surface area (Å²) >= 11 is 5.95. The van der Waals surface area contributed by atoms with Crippen LogP contribution in [0.25, 0.3) is 0 Å². The lowest BCUT2D eigenvalue weighted by Gasteiger charge is -2.25. The number of hydrogen-bond acceptors (Lipinski definition) is 2. The predicted octanol–water partition coefficient (Wildman–Crippen LogP) is 3.82. The third-order valence-corrected chi connectivity index (χ3v) is 5.01. The summed E-state index contributed by atoms with van der Waals surface area (Å²) < 4.78 is 0. The van der Waals surface area contributed by atoms with E-state index < -0.39 is 0 Å². The van der Waals surface area contributed by atoms with Gasteiger partial charge in [-0.15, -0.1) is 12.4 Å². The Hall–Kier alpha value is -0.770. The van der Waals surface area contributed by atoms with Crippen molar-refractivity contribution in [3.05, 3.63) is 34.9 Å². The maximum atomic E-state index is 12.5. The average Bonchev–Trinajstić information content (AvgIpc) is 3.17. The number of amides is 1. The molecule has 0 radical (unpaired) electrons. The maximum absolute atomic E-state index is 12.5. The molecule has 1 amide bonds. The number of nitrogens with one attached hydrogen (secondary N) is 1. The van der Waals surface area contributed by atoms with Gasteiger partial charge in [-0.25, -0.2) is 0 Å². The van der Waals surface area contributed by atoms with E-state index in [2.05, 4.69) is 22.3 Å². The fraction of sp³-hybridized carbons (Fsp3) is 0.588. The first-order valence-corrected chi connectivity index (χ1v) is 8.37. The van der Waals surface area contributed by atoms with Crippen molar-refractivity contribution < 1.29 is 4.79 Å². The SMILES string of the molecule is Cl.O=C(CCC1CCNC1)N1CCCC1c1ccc(Cl)cc1. The fourth-order valence-electron chi connectivity index (χ4n) is 3.53. The quantitative estimate of drug-likeness (QED) is 0.902. The smallest absolute Gasteiger partial charge is 0.223 e. The highest BCUT2D eigenvalue weighted by molar-refractivity contribution is 6.30. The van der Waals surface area contributed by atoms with Crippen molar-refractivity contribution >= 4 is 29.9 Å². The first kappa shape index (κ1) is 17.6. The second kappa shape index (κ2) is 8.19. The van der Waals surface area contributed by atoms with Crippen LogP contribution < -0.4 is 5.32 Å². The highest BCUT2D eigenvalue weighted by Gasteiger charge is 2.30. The molecular formula is C17H24Cl2N2O. The van der Waals surface area contributed by atoms with Crippen LogP contribution in [0.4, 0.5) is 0 Å². The minimum absolute atomic E-state index is 0. The Balaban J connectivity index is 0.00000176. The molecule has 1 aromatic rings. The topological polar surface area (TPSA) is 32.3 Å². The van der Waals surface area contributed by atoms with Crippen molar-refractivity contribution in [3.8, 4) is 0 Å². The lowest BCUT2D eigenvalue weighted by Crippen LogP contribution is -2.30.